The Kier molecular flexibility index (Phi) is 4.74. The molecule has 5 N–H and O–H groups in total. The van der Waals surface area contributed by atoms with Gasteiger partial charge in [-0.2, -0.15) is 5.53 Å². The molecule has 0 spiro atoms. The minimum absolute atomic E-state index is 0.143. The summed E-state index contributed by atoms with van der Waals surface area (Å²) in [5.41, 5.74) is 16.7. The number of hydrogen-bond donors (Lipinski definition) is 4. The number of carbonyl (C=O) groups is 1. The summed E-state index contributed by atoms with van der Waals surface area (Å²) < 4.78 is 0. The smallest absolute Gasteiger partial charge is 0.244 e. The molecule has 0 saturated carbocycles. The predicted octanol–water partition coefficient (Wildman–Crippen LogP) is 2.20. The highest BCUT2D eigenvalue weighted by molar-refractivity contribution is 6.31. The van der Waals surface area contributed by atoms with E-state index >= 15 is 0 Å². The van der Waals surface area contributed by atoms with Crippen LogP contribution in [0.3, 0.4) is 0 Å². The molecule has 0 aromatic heterocycles. The summed E-state index contributed by atoms with van der Waals surface area (Å²) in [6.45, 7) is 1.33. The molecule has 1 heterocycles. The molecule has 7 nitrogen and oxygen atoms in total. The summed E-state index contributed by atoms with van der Waals surface area (Å²) in [7, 11) is 0. The maximum absolute atomic E-state index is 11.7. The van der Waals surface area contributed by atoms with Gasteiger partial charge in [-0.05, 0) is 25.0 Å². The molecule has 0 radical (unpaired) electrons. The fourth-order valence-corrected chi connectivity index (χ4v) is 2.79. The van der Waals surface area contributed by atoms with Crippen molar-refractivity contribution in [2.24, 2.45) is 11.1 Å². The Labute approximate surface area is 127 Å². The molecular formula is C13H17ClN6O. The van der Waals surface area contributed by atoms with Gasteiger partial charge in [0.1, 0.15) is 0 Å². The molecule has 1 aromatic carbocycles. The Morgan fingerprint density at radius 3 is 2.71 bits per heavy atom. The van der Waals surface area contributed by atoms with E-state index in [0.29, 0.717) is 42.2 Å². The number of nitrogens with one attached hydrogen (secondary N) is 3. The largest absolute Gasteiger partial charge is 0.398 e. The number of nitrogen functional groups attached to an aromatic ring is 1. The van der Waals surface area contributed by atoms with Gasteiger partial charge >= 0.3 is 0 Å². The van der Waals surface area contributed by atoms with E-state index in [0.717, 1.165) is 5.69 Å². The topological polar surface area (TPSA) is 118 Å². The number of carbonyl (C=O) groups excluding carboxylic acids is 1. The monoisotopic (exact) mass is 308 g/mol. The van der Waals surface area contributed by atoms with Crippen molar-refractivity contribution in [3.8, 4) is 0 Å². The highest BCUT2D eigenvalue weighted by Crippen LogP contribution is 2.31. The van der Waals surface area contributed by atoms with Crippen molar-refractivity contribution in [2.45, 2.75) is 12.8 Å². The van der Waals surface area contributed by atoms with E-state index in [4.69, 9.17) is 28.3 Å². The SMILES string of the molecule is N=Cc1c(N)cc(Cl)cc1N1CCC(C(=O)NN=N)CC1. The first kappa shape index (κ1) is 15.2. The van der Waals surface area contributed by atoms with Crippen LogP contribution in [-0.2, 0) is 4.79 Å². The van der Waals surface area contributed by atoms with Crippen LogP contribution in [0.15, 0.2) is 17.4 Å². The number of anilines is 2. The van der Waals surface area contributed by atoms with Gasteiger partial charge in [-0.15, -0.1) is 0 Å². The van der Waals surface area contributed by atoms with Gasteiger partial charge in [0.15, 0.2) is 0 Å². The van der Waals surface area contributed by atoms with Gasteiger partial charge in [-0.3, -0.25) is 4.79 Å². The number of halogens is 1. The van der Waals surface area contributed by atoms with Crippen molar-refractivity contribution in [1.29, 1.82) is 10.9 Å². The molecular weight excluding hydrogens is 292 g/mol. The van der Waals surface area contributed by atoms with E-state index in [1.807, 2.05) is 0 Å². The lowest BCUT2D eigenvalue weighted by molar-refractivity contribution is -0.125. The van der Waals surface area contributed by atoms with Crippen LogP contribution in [0.1, 0.15) is 18.4 Å². The summed E-state index contributed by atoms with van der Waals surface area (Å²) >= 11 is 6.04. The summed E-state index contributed by atoms with van der Waals surface area (Å²) in [6, 6.07) is 3.42. The summed E-state index contributed by atoms with van der Waals surface area (Å²) in [4.78, 5) is 13.7. The Morgan fingerprint density at radius 2 is 2.14 bits per heavy atom. The lowest BCUT2D eigenvalue weighted by atomic mass is 9.95. The minimum atomic E-state index is -0.220. The average molecular weight is 309 g/mol. The molecule has 1 amide bonds. The quantitative estimate of drug-likeness (QED) is 0.295. The first-order chi connectivity index (χ1) is 10.1. The molecule has 112 valence electrons. The molecule has 1 fully saturated rings. The zero-order valence-electron chi connectivity index (χ0n) is 11.4. The molecule has 0 atom stereocenters. The minimum Gasteiger partial charge on any atom is -0.398 e. The number of nitrogens with zero attached hydrogens (tertiary/aromatic N) is 2. The Balaban J connectivity index is 2.14. The molecule has 0 aliphatic carbocycles. The third-order valence-corrected chi connectivity index (χ3v) is 3.89. The number of rotatable bonds is 4. The first-order valence-electron chi connectivity index (χ1n) is 6.57. The van der Waals surface area contributed by atoms with E-state index in [1.165, 1.54) is 6.21 Å². The summed E-state index contributed by atoms with van der Waals surface area (Å²) in [6.07, 6.45) is 2.54. The maximum Gasteiger partial charge on any atom is 0.244 e. The van der Waals surface area contributed by atoms with Crippen LogP contribution in [0.4, 0.5) is 11.4 Å². The number of benzene rings is 1. The number of hydrogen-bond acceptors (Lipinski definition) is 6. The van der Waals surface area contributed by atoms with Gasteiger partial charge in [0, 0.05) is 47.2 Å². The van der Waals surface area contributed by atoms with E-state index in [1.54, 1.807) is 12.1 Å². The third kappa shape index (κ3) is 3.30. The van der Waals surface area contributed by atoms with E-state index in [-0.39, 0.29) is 11.8 Å². The van der Waals surface area contributed by atoms with Gasteiger partial charge in [0.25, 0.3) is 0 Å². The van der Waals surface area contributed by atoms with Crippen molar-refractivity contribution in [2.75, 3.05) is 23.7 Å². The molecule has 21 heavy (non-hydrogen) atoms. The van der Waals surface area contributed by atoms with Crippen LogP contribution >= 0.6 is 11.6 Å². The molecule has 1 aliphatic heterocycles. The van der Waals surface area contributed by atoms with Gasteiger partial charge < -0.3 is 16.0 Å². The van der Waals surface area contributed by atoms with Crippen LogP contribution in [0.25, 0.3) is 0 Å². The van der Waals surface area contributed by atoms with Crippen LogP contribution in [0, 0.1) is 16.9 Å². The average Bonchev–Trinajstić information content (AvgIpc) is 2.47. The van der Waals surface area contributed by atoms with Crippen molar-refractivity contribution < 1.29 is 4.79 Å². The Morgan fingerprint density at radius 1 is 1.48 bits per heavy atom. The van der Waals surface area contributed by atoms with E-state index in [9.17, 15) is 4.79 Å². The van der Waals surface area contributed by atoms with Gasteiger partial charge in [0.05, 0.1) is 0 Å². The zero-order chi connectivity index (χ0) is 15.4. The number of amides is 1. The summed E-state index contributed by atoms with van der Waals surface area (Å²) in [5, 5.41) is 10.9. The second kappa shape index (κ2) is 6.53. The van der Waals surface area contributed by atoms with Gasteiger partial charge in [-0.1, -0.05) is 16.8 Å². The molecule has 0 unspecified atom stereocenters. The van der Waals surface area contributed by atoms with Crippen molar-refractivity contribution >= 4 is 35.1 Å². The van der Waals surface area contributed by atoms with Crippen molar-refractivity contribution in [3.05, 3.63) is 22.7 Å². The summed E-state index contributed by atoms with van der Waals surface area (Å²) in [5.74, 6) is -0.363. The van der Waals surface area contributed by atoms with E-state index < -0.39 is 0 Å². The predicted molar refractivity (Wildman–Crippen MR) is 82.0 cm³/mol. The van der Waals surface area contributed by atoms with Crippen LogP contribution in [0.2, 0.25) is 5.02 Å². The molecule has 1 saturated heterocycles. The molecule has 0 bridgehead atoms. The lowest BCUT2D eigenvalue weighted by Gasteiger charge is -2.33. The molecule has 8 heteroatoms. The van der Waals surface area contributed by atoms with Crippen LogP contribution in [0.5, 0.6) is 0 Å². The van der Waals surface area contributed by atoms with Gasteiger partial charge in [0.2, 0.25) is 5.91 Å². The Bertz CT molecular complexity index is 568. The van der Waals surface area contributed by atoms with Gasteiger partial charge in [-0.25, -0.2) is 5.43 Å². The molecule has 1 aromatic rings. The second-order valence-corrected chi connectivity index (χ2v) is 5.36. The molecule has 1 aliphatic rings. The molecule has 2 rings (SSSR count). The fraction of sp³-hybridized carbons (Fsp3) is 0.385. The third-order valence-electron chi connectivity index (χ3n) is 3.67. The second-order valence-electron chi connectivity index (χ2n) is 4.92. The van der Waals surface area contributed by atoms with E-state index in [2.05, 4.69) is 15.5 Å². The van der Waals surface area contributed by atoms with Crippen LogP contribution in [-0.4, -0.2) is 25.2 Å². The lowest BCUT2D eigenvalue weighted by Crippen LogP contribution is -2.39. The van der Waals surface area contributed by atoms with Crippen molar-refractivity contribution in [1.82, 2.24) is 5.43 Å². The Hall–Kier alpha value is -2.15. The number of nitrogens with two attached hydrogens (primary N) is 1. The zero-order valence-corrected chi connectivity index (χ0v) is 12.2. The normalized spacial score (nSPS) is 15.6. The highest BCUT2D eigenvalue weighted by Gasteiger charge is 2.26. The van der Waals surface area contributed by atoms with Crippen molar-refractivity contribution in [3.63, 3.8) is 0 Å². The van der Waals surface area contributed by atoms with Crippen LogP contribution < -0.4 is 16.1 Å². The fourth-order valence-electron chi connectivity index (χ4n) is 2.57. The first-order valence-corrected chi connectivity index (χ1v) is 6.95. The maximum atomic E-state index is 11.7. The standard InChI is InChI=1S/C13H17ClN6O/c14-9-5-11(16)10(7-15)12(6-9)20-3-1-8(2-4-20)13(21)18-19-17/h5-8,15H,1-4,16H2,(H2,17,18,21). The highest BCUT2D eigenvalue weighted by atomic mass is 35.5. The number of piperidine rings is 1.